The molecule has 0 aliphatic heterocycles. The molecule has 6 heteroatoms. The van der Waals surface area contributed by atoms with Gasteiger partial charge in [-0.05, 0) is 18.6 Å². The van der Waals surface area contributed by atoms with Crippen molar-refractivity contribution in [3.8, 4) is 11.5 Å². The maximum absolute atomic E-state index is 12.8. The summed E-state index contributed by atoms with van der Waals surface area (Å²) < 4.78 is 6.70. The second-order valence-electron chi connectivity index (χ2n) is 8.05. The Morgan fingerprint density at radius 1 is 1.14 bits per heavy atom. The highest BCUT2D eigenvalue weighted by Crippen LogP contribution is 2.17. The normalized spacial score (nSPS) is 11.0. The van der Waals surface area contributed by atoms with E-state index in [1.54, 1.807) is 12.3 Å². The van der Waals surface area contributed by atoms with E-state index in [4.69, 9.17) is 4.52 Å². The van der Waals surface area contributed by atoms with Crippen LogP contribution in [0.4, 0.5) is 0 Å². The molecule has 0 N–H and O–H groups in total. The molecular formula is C23H24N2O3Si. The monoisotopic (exact) mass is 404 g/mol. The highest BCUT2D eigenvalue weighted by molar-refractivity contribution is 6.83. The van der Waals surface area contributed by atoms with E-state index in [0.29, 0.717) is 12.0 Å². The minimum atomic E-state index is -1.53. The van der Waals surface area contributed by atoms with Crippen LogP contribution in [-0.2, 0) is 13.0 Å². The minimum absolute atomic E-state index is 0.109. The van der Waals surface area contributed by atoms with Gasteiger partial charge in [0, 0.05) is 29.8 Å². The predicted molar refractivity (Wildman–Crippen MR) is 116 cm³/mol. The summed E-state index contributed by atoms with van der Waals surface area (Å²) in [5, 5.41) is 4.07. The molecule has 0 amide bonds. The number of carbonyl (C=O) groups is 1. The Bertz CT molecular complexity index is 1140. The lowest BCUT2D eigenvalue weighted by atomic mass is 10.1. The highest BCUT2D eigenvalue weighted by Gasteiger charge is 2.20. The molecule has 2 heterocycles. The molecule has 0 saturated heterocycles. The lowest BCUT2D eigenvalue weighted by molar-refractivity contribution is 0.0933. The molecule has 0 atom stereocenters. The van der Waals surface area contributed by atoms with Crippen molar-refractivity contribution < 1.29 is 9.32 Å². The number of nitrogens with zero attached hydrogens (tertiary/aromatic N) is 2. The Labute approximate surface area is 171 Å². The van der Waals surface area contributed by atoms with Crippen molar-refractivity contribution in [3.05, 3.63) is 87.2 Å². The summed E-state index contributed by atoms with van der Waals surface area (Å²) in [4.78, 5) is 25.0. The van der Waals surface area contributed by atoms with E-state index < -0.39 is 8.07 Å². The van der Waals surface area contributed by atoms with Crippen molar-refractivity contribution in [3.63, 3.8) is 0 Å². The third-order valence-corrected chi connectivity index (χ3v) is 5.24. The quantitative estimate of drug-likeness (QED) is 0.368. The van der Waals surface area contributed by atoms with Gasteiger partial charge in [0.05, 0.1) is 12.2 Å². The standard InChI is InChI=1S/C23H24N2O3Si/c1-17-20(14-18-8-6-5-7-9-18)24-28-23(17)21(26)16-25-15-19(10-11-22(25)27)12-13-29(2,3)4/h5-11,15H,14,16H2,1-4H3. The van der Waals surface area contributed by atoms with Crippen molar-refractivity contribution >= 4 is 13.9 Å². The number of benzene rings is 1. The van der Waals surface area contributed by atoms with Crippen LogP contribution in [0.5, 0.6) is 0 Å². The number of pyridine rings is 1. The van der Waals surface area contributed by atoms with E-state index in [0.717, 1.165) is 16.8 Å². The smallest absolute Gasteiger partial charge is 0.251 e. The number of hydrogen-bond acceptors (Lipinski definition) is 4. The zero-order chi connectivity index (χ0) is 21.0. The van der Waals surface area contributed by atoms with Gasteiger partial charge in [0.1, 0.15) is 8.07 Å². The Hall–Kier alpha value is -3.17. The van der Waals surface area contributed by atoms with Gasteiger partial charge in [-0.3, -0.25) is 9.59 Å². The molecule has 29 heavy (non-hydrogen) atoms. The largest absolute Gasteiger partial charge is 0.352 e. The van der Waals surface area contributed by atoms with Crippen molar-refractivity contribution in [1.29, 1.82) is 0 Å². The number of Topliss-reactive ketones (excluding diaryl/α,β-unsaturated/α-hetero) is 1. The molecule has 0 unspecified atom stereocenters. The van der Waals surface area contributed by atoms with Crippen LogP contribution in [-0.4, -0.2) is 23.6 Å². The van der Waals surface area contributed by atoms with Gasteiger partial charge >= 0.3 is 0 Å². The first-order chi connectivity index (χ1) is 13.7. The summed E-state index contributed by atoms with van der Waals surface area (Å²) >= 11 is 0. The lowest BCUT2D eigenvalue weighted by Crippen LogP contribution is -2.23. The summed E-state index contributed by atoms with van der Waals surface area (Å²) in [5.74, 6) is 3.02. The molecule has 0 saturated carbocycles. The zero-order valence-electron chi connectivity index (χ0n) is 17.2. The summed E-state index contributed by atoms with van der Waals surface area (Å²) in [6.45, 7) is 8.17. The molecule has 5 nitrogen and oxygen atoms in total. The first-order valence-electron chi connectivity index (χ1n) is 9.49. The van der Waals surface area contributed by atoms with Crippen LogP contribution >= 0.6 is 0 Å². The van der Waals surface area contributed by atoms with Crippen molar-refractivity contribution in [2.45, 2.75) is 39.5 Å². The van der Waals surface area contributed by atoms with Crippen LogP contribution in [0.25, 0.3) is 0 Å². The molecule has 3 rings (SSSR count). The van der Waals surface area contributed by atoms with Crippen molar-refractivity contribution in [2.24, 2.45) is 0 Å². The number of hydrogen-bond donors (Lipinski definition) is 0. The second kappa shape index (κ2) is 8.46. The Kier molecular flexibility index (Phi) is 5.99. The van der Waals surface area contributed by atoms with Gasteiger partial charge in [0.25, 0.3) is 5.56 Å². The van der Waals surface area contributed by atoms with Crippen LogP contribution in [0.15, 0.2) is 58.0 Å². The van der Waals surface area contributed by atoms with Gasteiger partial charge in [0.15, 0.2) is 0 Å². The average molecular weight is 405 g/mol. The summed E-state index contributed by atoms with van der Waals surface area (Å²) in [6.07, 6.45) is 2.22. The Balaban J connectivity index is 1.80. The van der Waals surface area contributed by atoms with Gasteiger partial charge < -0.3 is 9.09 Å². The first-order valence-corrected chi connectivity index (χ1v) is 13.0. The number of ketones is 1. The molecule has 0 aliphatic carbocycles. The summed E-state index contributed by atoms with van der Waals surface area (Å²) in [7, 11) is -1.53. The summed E-state index contributed by atoms with van der Waals surface area (Å²) in [6, 6.07) is 13.0. The molecule has 1 aromatic carbocycles. The fourth-order valence-corrected chi connectivity index (χ4v) is 3.32. The summed E-state index contributed by atoms with van der Waals surface area (Å²) in [5.41, 5.74) is 6.26. The Morgan fingerprint density at radius 3 is 2.55 bits per heavy atom. The van der Waals surface area contributed by atoms with Crippen LogP contribution in [0.3, 0.4) is 0 Å². The molecule has 0 spiro atoms. The van der Waals surface area contributed by atoms with E-state index in [-0.39, 0.29) is 23.6 Å². The number of aromatic nitrogens is 2. The van der Waals surface area contributed by atoms with Gasteiger partial charge in [-0.15, -0.1) is 5.54 Å². The maximum atomic E-state index is 12.8. The third kappa shape index (κ3) is 5.43. The first kappa shape index (κ1) is 20.6. The van der Waals surface area contributed by atoms with E-state index in [9.17, 15) is 9.59 Å². The van der Waals surface area contributed by atoms with E-state index >= 15 is 0 Å². The molecule has 0 radical (unpaired) electrons. The van der Waals surface area contributed by atoms with Gasteiger partial charge in [-0.2, -0.15) is 0 Å². The van der Waals surface area contributed by atoms with Gasteiger partial charge in [-0.1, -0.05) is 61.0 Å². The maximum Gasteiger partial charge on any atom is 0.251 e. The highest BCUT2D eigenvalue weighted by atomic mass is 28.3. The molecule has 0 aliphatic rings. The van der Waals surface area contributed by atoms with E-state index in [2.05, 4.69) is 36.3 Å². The van der Waals surface area contributed by atoms with Crippen molar-refractivity contribution in [2.75, 3.05) is 0 Å². The Morgan fingerprint density at radius 2 is 1.86 bits per heavy atom. The van der Waals surface area contributed by atoms with E-state index in [1.807, 2.05) is 37.3 Å². The lowest BCUT2D eigenvalue weighted by Gasteiger charge is -2.06. The average Bonchev–Trinajstić information content (AvgIpc) is 3.03. The SMILES string of the molecule is Cc1c(Cc2ccccc2)noc1C(=O)Cn1cc(C#C[Si](C)(C)C)ccc1=O. The van der Waals surface area contributed by atoms with Crippen LogP contribution in [0.2, 0.25) is 19.6 Å². The minimum Gasteiger partial charge on any atom is -0.352 e. The number of rotatable bonds is 5. The zero-order valence-corrected chi connectivity index (χ0v) is 18.2. The molecule has 2 aromatic heterocycles. The second-order valence-corrected chi connectivity index (χ2v) is 12.8. The van der Waals surface area contributed by atoms with Gasteiger partial charge in [-0.25, -0.2) is 0 Å². The number of carbonyl (C=O) groups excluding carboxylic acids is 1. The van der Waals surface area contributed by atoms with Crippen molar-refractivity contribution in [1.82, 2.24) is 9.72 Å². The molecule has 0 fully saturated rings. The third-order valence-electron chi connectivity index (χ3n) is 4.37. The fourth-order valence-electron chi connectivity index (χ4n) is 2.80. The van der Waals surface area contributed by atoms with Crippen LogP contribution < -0.4 is 5.56 Å². The molecule has 3 aromatic rings. The molecule has 148 valence electrons. The molecule has 0 bridgehead atoms. The van der Waals surface area contributed by atoms with Gasteiger partial charge in [0.2, 0.25) is 11.5 Å². The van der Waals surface area contributed by atoms with Crippen LogP contribution in [0.1, 0.15) is 32.9 Å². The van der Waals surface area contributed by atoms with E-state index in [1.165, 1.54) is 10.6 Å². The predicted octanol–water partition coefficient (Wildman–Crippen LogP) is 3.85. The molecular weight excluding hydrogens is 380 g/mol. The van der Waals surface area contributed by atoms with Crippen LogP contribution in [0, 0.1) is 18.4 Å². The fraction of sp³-hybridized carbons (Fsp3) is 0.261. The topological polar surface area (TPSA) is 65.1 Å².